The van der Waals surface area contributed by atoms with Crippen LogP contribution in [0.15, 0.2) is 0 Å². The van der Waals surface area contributed by atoms with Gasteiger partial charge in [-0.25, -0.2) is 4.98 Å². The van der Waals surface area contributed by atoms with Crippen molar-refractivity contribution in [2.45, 2.75) is 44.6 Å². The van der Waals surface area contributed by atoms with Crippen molar-refractivity contribution in [1.29, 1.82) is 0 Å². The third kappa shape index (κ3) is 2.67. The highest BCUT2D eigenvalue weighted by Crippen LogP contribution is 2.38. The van der Waals surface area contributed by atoms with Crippen LogP contribution >= 0.6 is 11.3 Å². The second kappa shape index (κ2) is 5.69. The Bertz CT molecular complexity index is 497. The maximum absolute atomic E-state index is 11.2. The summed E-state index contributed by atoms with van der Waals surface area (Å²) in [6, 6.07) is 0.355. The molecule has 2 N–H and O–H groups in total. The highest BCUT2D eigenvalue weighted by Gasteiger charge is 2.32. The number of aliphatic carboxylic acids is 1. The van der Waals surface area contributed by atoms with Crippen molar-refractivity contribution in [3.8, 4) is 0 Å². The van der Waals surface area contributed by atoms with E-state index in [0.717, 1.165) is 48.2 Å². The van der Waals surface area contributed by atoms with Crippen LogP contribution in [0.3, 0.4) is 0 Å². The molecule has 0 amide bonds. The molecule has 110 valence electrons. The minimum absolute atomic E-state index is 0.355. The van der Waals surface area contributed by atoms with Crippen molar-refractivity contribution in [3.63, 3.8) is 0 Å². The Hall–Kier alpha value is -1.14. The number of carboxylic acid groups (broad SMARTS) is 1. The van der Waals surface area contributed by atoms with E-state index in [9.17, 15) is 9.90 Å². The van der Waals surface area contributed by atoms with Gasteiger partial charge in [0, 0.05) is 24.1 Å². The van der Waals surface area contributed by atoms with Crippen LogP contribution < -0.4 is 5.32 Å². The van der Waals surface area contributed by atoms with Crippen molar-refractivity contribution in [2.75, 3.05) is 18.5 Å². The molecule has 0 spiro atoms. The molecule has 1 fully saturated rings. The summed E-state index contributed by atoms with van der Waals surface area (Å²) >= 11 is 1.62. The molecule has 2 aliphatic rings. The van der Waals surface area contributed by atoms with E-state index >= 15 is 0 Å². The third-order valence-electron chi connectivity index (χ3n) is 4.34. The second-order valence-electron chi connectivity index (χ2n) is 5.64. The molecule has 2 unspecified atom stereocenters. The first-order valence-corrected chi connectivity index (χ1v) is 8.03. The van der Waals surface area contributed by atoms with Crippen LogP contribution in [0.4, 0.5) is 5.13 Å². The lowest BCUT2D eigenvalue weighted by molar-refractivity contribution is -0.138. The van der Waals surface area contributed by atoms with Gasteiger partial charge in [-0.2, -0.15) is 0 Å². The lowest BCUT2D eigenvalue weighted by Crippen LogP contribution is -2.30. The topological polar surface area (TPSA) is 71.5 Å². The van der Waals surface area contributed by atoms with Crippen LogP contribution in [-0.4, -0.2) is 35.3 Å². The summed E-state index contributed by atoms with van der Waals surface area (Å²) < 4.78 is 5.38. The minimum atomic E-state index is -0.752. The minimum Gasteiger partial charge on any atom is -0.481 e. The predicted molar refractivity (Wildman–Crippen MR) is 77.4 cm³/mol. The molecule has 3 rings (SSSR count). The fourth-order valence-electron chi connectivity index (χ4n) is 3.06. The predicted octanol–water partition coefficient (Wildman–Crippen LogP) is 2.48. The van der Waals surface area contributed by atoms with Gasteiger partial charge in [-0.05, 0) is 38.5 Å². The molecule has 1 aromatic rings. The van der Waals surface area contributed by atoms with Gasteiger partial charge in [-0.15, -0.1) is 11.3 Å². The highest BCUT2D eigenvalue weighted by molar-refractivity contribution is 7.15. The molecule has 6 heteroatoms. The maximum Gasteiger partial charge on any atom is 0.312 e. The van der Waals surface area contributed by atoms with Crippen molar-refractivity contribution in [1.82, 2.24) is 4.98 Å². The molecule has 1 aromatic heterocycles. The molecular weight excluding hydrogens is 276 g/mol. The van der Waals surface area contributed by atoms with E-state index in [-0.39, 0.29) is 0 Å². The summed E-state index contributed by atoms with van der Waals surface area (Å²) in [4.78, 5) is 16.8. The van der Waals surface area contributed by atoms with E-state index in [2.05, 4.69) is 17.2 Å². The molecule has 5 nitrogen and oxygen atoms in total. The monoisotopic (exact) mass is 296 g/mol. The number of aromatic nitrogens is 1. The lowest BCUT2D eigenvalue weighted by Gasteiger charge is -2.28. The van der Waals surface area contributed by atoms with Crippen LogP contribution in [0.25, 0.3) is 0 Å². The molecular formula is C14H20N2O3S. The summed E-state index contributed by atoms with van der Waals surface area (Å²) in [5.74, 6) is -0.550. The molecule has 1 aliphatic heterocycles. The Morgan fingerprint density at radius 1 is 1.45 bits per heavy atom. The van der Waals surface area contributed by atoms with Crippen molar-refractivity contribution in [3.05, 3.63) is 10.6 Å². The van der Waals surface area contributed by atoms with Gasteiger partial charge in [0.2, 0.25) is 0 Å². The molecule has 2 atom stereocenters. The molecule has 0 saturated carbocycles. The van der Waals surface area contributed by atoms with Gasteiger partial charge < -0.3 is 15.2 Å². The Labute approximate surface area is 122 Å². The van der Waals surface area contributed by atoms with Crippen LogP contribution in [0.5, 0.6) is 0 Å². The number of anilines is 1. The largest absolute Gasteiger partial charge is 0.481 e. The Morgan fingerprint density at radius 2 is 2.20 bits per heavy atom. The number of hydrogen-bond donors (Lipinski definition) is 2. The highest BCUT2D eigenvalue weighted by atomic mass is 32.1. The SMILES string of the molecule is CC(Nc1nc2c(s1)CCC2C(=O)O)C1CCOCC1. The maximum atomic E-state index is 11.2. The lowest BCUT2D eigenvalue weighted by atomic mass is 9.93. The first-order chi connectivity index (χ1) is 9.65. The standard InChI is InChI=1S/C14H20N2O3S/c1-8(9-4-6-19-7-5-9)15-14-16-12-10(13(17)18)2-3-11(12)20-14/h8-10H,2-7H2,1H3,(H,15,16)(H,17,18). The number of ether oxygens (including phenoxy) is 1. The fourth-order valence-corrected chi connectivity index (χ4v) is 4.19. The number of carboxylic acids is 1. The van der Waals surface area contributed by atoms with E-state index < -0.39 is 11.9 Å². The van der Waals surface area contributed by atoms with Gasteiger partial charge in [-0.3, -0.25) is 4.79 Å². The van der Waals surface area contributed by atoms with E-state index in [4.69, 9.17) is 4.74 Å². The zero-order chi connectivity index (χ0) is 14.1. The van der Waals surface area contributed by atoms with Gasteiger partial charge >= 0.3 is 5.97 Å². The van der Waals surface area contributed by atoms with E-state index in [1.165, 1.54) is 0 Å². The van der Waals surface area contributed by atoms with Gasteiger partial charge in [0.25, 0.3) is 0 Å². The first-order valence-electron chi connectivity index (χ1n) is 7.22. The average molecular weight is 296 g/mol. The van der Waals surface area contributed by atoms with E-state index in [1.807, 2.05) is 0 Å². The fraction of sp³-hybridized carbons (Fsp3) is 0.714. The molecule has 20 heavy (non-hydrogen) atoms. The van der Waals surface area contributed by atoms with Crippen LogP contribution in [0, 0.1) is 5.92 Å². The zero-order valence-electron chi connectivity index (χ0n) is 11.6. The van der Waals surface area contributed by atoms with Gasteiger partial charge in [0.15, 0.2) is 5.13 Å². The average Bonchev–Trinajstić information content (AvgIpc) is 2.98. The number of hydrogen-bond acceptors (Lipinski definition) is 5. The molecule has 1 aliphatic carbocycles. The first kappa shape index (κ1) is 13.8. The summed E-state index contributed by atoms with van der Waals surface area (Å²) in [7, 11) is 0. The number of nitrogens with one attached hydrogen (secondary N) is 1. The van der Waals surface area contributed by atoms with E-state index in [0.29, 0.717) is 18.4 Å². The van der Waals surface area contributed by atoms with Crippen molar-refractivity contribution in [2.24, 2.45) is 5.92 Å². The summed E-state index contributed by atoms with van der Waals surface area (Å²) in [5, 5.41) is 13.5. The molecule has 0 bridgehead atoms. The number of carbonyl (C=O) groups is 1. The summed E-state index contributed by atoms with van der Waals surface area (Å²) in [6.07, 6.45) is 3.70. The number of aryl methyl sites for hydroxylation is 1. The van der Waals surface area contributed by atoms with Crippen molar-refractivity contribution < 1.29 is 14.6 Å². The zero-order valence-corrected chi connectivity index (χ0v) is 12.4. The third-order valence-corrected chi connectivity index (χ3v) is 5.40. The Kier molecular flexibility index (Phi) is 3.94. The van der Waals surface area contributed by atoms with Crippen molar-refractivity contribution >= 4 is 22.4 Å². The Morgan fingerprint density at radius 3 is 2.90 bits per heavy atom. The normalized spacial score (nSPS) is 24.4. The number of rotatable bonds is 4. The Balaban J connectivity index is 1.67. The number of nitrogens with zero attached hydrogens (tertiary/aromatic N) is 1. The van der Waals surface area contributed by atoms with E-state index in [1.54, 1.807) is 11.3 Å². The van der Waals surface area contributed by atoms with Crippen LogP contribution in [0.2, 0.25) is 0 Å². The van der Waals surface area contributed by atoms with Gasteiger partial charge in [0.05, 0.1) is 5.69 Å². The van der Waals surface area contributed by atoms with Gasteiger partial charge in [0.1, 0.15) is 5.92 Å². The van der Waals surface area contributed by atoms with Gasteiger partial charge in [-0.1, -0.05) is 0 Å². The molecule has 2 heterocycles. The summed E-state index contributed by atoms with van der Waals surface area (Å²) in [5.41, 5.74) is 0.782. The molecule has 0 aromatic carbocycles. The summed E-state index contributed by atoms with van der Waals surface area (Å²) in [6.45, 7) is 3.86. The molecule has 0 radical (unpaired) electrons. The quantitative estimate of drug-likeness (QED) is 0.893. The molecule has 1 saturated heterocycles. The number of fused-ring (bicyclic) bond motifs is 1. The second-order valence-corrected chi connectivity index (χ2v) is 6.72. The van der Waals surface area contributed by atoms with Crippen LogP contribution in [0.1, 0.15) is 42.7 Å². The smallest absolute Gasteiger partial charge is 0.312 e. The van der Waals surface area contributed by atoms with Crippen LogP contribution in [-0.2, 0) is 16.0 Å². The number of thiazole rings is 1.